The molecule has 4 aromatic rings. The van der Waals surface area contributed by atoms with Gasteiger partial charge < -0.3 is 14.2 Å². The zero-order valence-corrected chi connectivity index (χ0v) is 15.3. The summed E-state index contributed by atoms with van der Waals surface area (Å²) in [5.74, 6) is 0.247. The molecule has 0 radical (unpaired) electrons. The summed E-state index contributed by atoms with van der Waals surface area (Å²) in [5.41, 5.74) is 1.44. The fraction of sp³-hybridized carbons (Fsp3) is 0. The molecule has 138 valence electrons. The number of nitrogens with one attached hydrogen (secondary N) is 1. The van der Waals surface area contributed by atoms with Crippen molar-refractivity contribution in [3.8, 4) is 11.1 Å². The van der Waals surface area contributed by atoms with Crippen LogP contribution in [-0.4, -0.2) is 5.91 Å². The van der Waals surface area contributed by atoms with Crippen LogP contribution in [0.1, 0.15) is 5.76 Å². The van der Waals surface area contributed by atoms with Gasteiger partial charge in [0.15, 0.2) is 0 Å². The summed E-state index contributed by atoms with van der Waals surface area (Å²) in [6.07, 6.45) is 4.45. The highest BCUT2D eigenvalue weighted by molar-refractivity contribution is 6.33. The Morgan fingerprint density at radius 3 is 2.64 bits per heavy atom. The van der Waals surface area contributed by atoms with Gasteiger partial charge in [0.05, 0.1) is 16.8 Å². The van der Waals surface area contributed by atoms with E-state index in [1.165, 1.54) is 12.3 Å². The lowest BCUT2D eigenvalue weighted by Crippen LogP contribution is -2.08. The van der Waals surface area contributed by atoms with Crippen molar-refractivity contribution in [2.24, 2.45) is 0 Å². The van der Waals surface area contributed by atoms with Crippen LogP contribution in [-0.2, 0) is 4.79 Å². The van der Waals surface area contributed by atoms with Gasteiger partial charge in [-0.1, -0.05) is 35.9 Å². The third-order valence-corrected chi connectivity index (χ3v) is 4.42. The minimum absolute atomic E-state index is 0.328. The first-order valence-electron chi connectivity index (χ1n) is 8.45. The van der Waals surface area contributed by atoms with Gasteiger partial charge in [-0.15, -0.1) is 0 Å². The highest BCUT2D eigenvalue weighted by Gasteiger charge is 2.12. The number of hydrogen-bond acceptors (Lipinski definition) is 4. The van der Waals surface area contributed by atoms with Gasteiger partial charge >= 0.3 is 5.63 Å². The number of hydrogen-bond donors (Lipinski definition) is 1. The van der Waals surface area contributed by atoms with Gasteiger partial charge in [-0.25, -0.2) is 4.79 Å². The van der Waals surface area contributed by atoms with Crippen LogP contribution in [0.2, 0.25) is 5.02 Å². The van der Waals surface area contributed by atoms with Crippen molar-refractivity contribution >= 4 is 40.2 Å². The molecule has 5 nitrogen and oxygen atoms in total. The Hall–Kier alpha value is -3.57. The maximum atomic E-state index is 12.3. The van der Waals surface area contributed by atoms with E-state index in [-0.39, 0.29) is 5.91 Å². The van der Waals surface area contributed by atoms with E-state index < -0.39 is 5.63 Å². The topological polar surface area (TPSA) is 72.5 Å². The first-order chi connectivity index (χ1) is 13.6. The predicted octanol–water partition coefficient (Wildman–Crippen LogP) is 5.36. The molecule has 1 N–H and O–H groups in total. The Kier molecular flexibility index (Phi) is 4.83. The normalized spacial score (nSPS) is 11.2. The lowest BCUT2D eigenvalue weighted by Gasteiger charge is -2.08. The Bertz CT molecular complexity index is 1240. The van der Waals surface area contributed by atoms with E-state index in [0.717, 1.165) is 5.39 Å². The fourth-order valence-corrected chi connectivity index (χ4v) is 3.07. The van der Waals surface area contributed by atoms with Crippen LogP contribution in [0.3, 0.4) is 0 Å². The van der Waals surface area contributed by atoms with Crippen LogP contribution in [0.4, 0.5) is 5.69 Å². The minimum atomic E-state index is -0.473. The lowest BCUT2D eigenvalue weighted by atomic mass is 10.1. The number of para-hydroxylation sites is 1. The fourth-order valence-electron chi connectivity index (χ4n) is 2.79. The van der Waals surface area contributed by atoms with Gasteiger partial charge in [0, 0.05) is 22.7 Å². The highest BCUT2D eigenvalue weighted by Crippen LogP contribution is 2.30. The molecule has 0 aliphatic carbocycles. The molecule has 2 aromatic heterocycles. The van der Waals surface area contributed by atoms with E-state index in [1.807, 2.05) is 12.1 Å². The van der Waals surface area contributed by atoms with Crippen molar-refractivity contribution in [2.45, 2.75) is 0 Å². The van der Waals surface area contributed by atoms with Gasteiger partial charge in [0.1, 0.15) is 11.3 Å². The molecule has 0 saturated heterocycles. The zero-order valence-electron chi connectivity index (χ0n) is 14.5. The van der Waals surface area contributed by atoms with Gasteiger partial charge in [0.25, 0.3) is 0 Å². The van der Waals surface area contributed by atoms with E-state index in [0.29, 0.717) is 33.2 Å². The average molecular weight is 392 g/mol. The van der Waals surface area contributed by atoms with Gasteiger partial charge in [0.2, 0.25) is 5.91 Å². The third-order valence-electron chi connectivity index (χ3n) is 4.11. The molecule has 28 heavy (non-hydrogen) atoms. The molecule has 4 rings (SSSR count). The van der Waals surface area contributed by atoms with Crippen LogP contribution in [0.25, 0.3) is 28.2 Å². The first-order valence-corrected chi connectivity index (χ1v) is 8.83. The smallest absolute Gasteiger partial charge is 0.344 e. The summed E-state index contributed by atoms with van der Waals surface area (Å²) < 4.78 is 10.5. The number of furan rings is 1. The number of amides is 1. The molecule has 0 atom stereocenters. The molecule has 0 aliphatic rings. The van der Waals surface area contributed by atoms with Gasteiger partial charge in [-0.3, -0.25) is 4.79 Å². The van der Waals surface area contributed by atoms with Crippen LogP contribution in [0.5, 0.6) is 0 Å². The molecule has 0 bridgehead atoms. The Balaban J connectivity index is 1.59. The van der Waals surface area contributed by atoms with Crippen molar-refractivity contribution < 1.29 is 13.6 Å². The molecule has 1 amide bonds. The second kappa shape index (κ2) is 7.58. The summed E-state index contributed by atoms with van der Waals surface area (Å²) in [7, 11) is 0. The molecule has 0 fully saturated rings. The summed E-state index contributed by atoms with van der Waals surface area (Å²) in [5, 5.41) is 3.84. The monoisotopic (exact) mass is 391 g/mol. The molecular weight excluding hydrogens is 378 g/mol. The van der Waals surface area contributed by atoms with Crippen molar-refractivity contribution in [3.05, 3.63) is 94.2 Å². The standard InChI is InChI=1S/C22H14ClNO4/c23-19-13-15(24-21(25)10-8-16-5-3-11-27-16)7-9-17(19)18-12-14-4-1-2-6-20(14)28-22(18)26/h1-13H,(H,24,25). The highest BCUT2D eigenvalue weighted by atomic mass is 35.5. The van der Waals surface area contributed by atoms with E-state index in [4.69, 9.17) is 20.4 Å². The minimum Gasteiger partial charge on any atom is -0.465 e. The summed E-state index contributed by atoms with van der Waals surface area (Å²) in [6.45, 7) is 0. The molecular formula is C22H14ClNO4. The van der Waals surface area contributed by atoms with Crippen molar-refractivity contribution in [1.82, 2.24) is 0 Å². The third kappa shape index (κ3) is 3.75. The Morgan fingerprint density at radius 1 is 1.00 bits per heavy atom. The van der Waals surface area contributed by atoms with Crippen LogP contribution < -0.4 is 10.9 Å². The molecule has 0 spiro atoms. The average Bonchev–Trinajstić information content (AvgIpc) is 3.20. The number of fused-ring (bicyclic) bond motifs is 1. The van der Waals surface area contributed by atoms with E-state index in [9.17, 15) is 9.59 Å². The second-order valence-corrected chi connectivity index (χ2v) is 6.43. The number of carbonyl (C=O) groups is 1. The van der Waals surface area contributed by atoms with Gasteiger partial charge in [-0.05, 0) is 42.5 Å². The summed E-state index contributed by atoms with van der Waals surface area (Å²) in [6, 6.07) is 17.4. The molecule has 6 heteroatoms. The zero-order chi connectivity index (χ0) is 19.5. The van der Waals surface area contributed by atoms with Crippen LogP contribution in [0, 0.1) is 0 Å². The first kappa shape index (κ1) is 17.8. The second-order valence-electron chi connectivity index (χ2n) is 6.02. The number of rotatable bonds is 4. The largest absolute Gasteiger partial charge is 0.465 e. The molecule has 0 unspecified atom stereocenters. The number of halogens is 1. The lowest BCUT2D eigenvalue weighted by molar-refractivity contribution is -0.111. The van der Waals surface area contributed by atoms with Crippen LogP contribution in [0.15, 0.2) is 86.6 Å². The molecule has 2 aromatic carbocycles. The molecule has 0 aliphatic heterocycles. The number of benzene rings is 2. The number of carbonyl (C=O) groups excluding carboxylic acids is 1. The van der Waals surface area contributed by atoms with Crippen molar-refractivity contribution in [2.75, 3.05) is 5.32 Å². The van der Waals surface area contributed by atoms with Crippen molar-refractivity contribution in [1.29, 1.82) is 0 Å². The maximum absolute atomic E-state index is 12.3. The van der Waals surface area contributed by atoms with E-state index in [1.54, 1.807) is 54.6 Å². The number of anilines is 1. The SMILES string of the molecule is O=C(C=Cc1ccco1)Nc1ccc(-c2cc3ccccc3oc2=O)c(Cl)c1. The van der Waals surface area contributed by atoms with Crippen LogP contribution >= 0.6 is 11.6 Å². The quantitative estimate of drug-likeness (QED) is 0.375. The Morgan fingerprint density at radius 2 is 1.86 bits per heavy atom. The Labute approximate surface area is 164 Å². The maximum Gasteiger partial charge on any atom is 0.344 e. The van der Waals surface area contributed by atoms with E-state index in [2.05, 4.69) is 5.32 Å². The molecule has 0 saturated carbocycles. The summed E-state index contributed by atoms with van der Waals surface area (Å²) >= 11 is 6.36. The van der Waals surface area contributed by atoms with Gasteiger partial charge in [-0.2, -0.15) is 0 Å². The molecule has 2 heterocycles. The summed E-state index contributed by atoms with van der Waals surface area (Å²) in [4.78, 5) is 24.4. The van der Waals surface area contributed by atoms with E-state index >= 15 is 0 Å². The predicted molar refractivity (Wildman–Crippen MR) is 109 cm³/mol. The van der Waals surface area contributed by atoms with Crippen molar-refractivity contribution in [3.63, 3.8) is 0 Å².